The van der Waals surface area contributed by atoms with Crippen LogP contribution in [0.2, 0.25) is 0 Å². The molecule has 10 heteroatoms. The van der Waals surface area contributed by atoms with E-state index in [2.05, 4.69) is 44.8 Å². The topological polar surface area (TPSA) is 109 Å². The van der Waals surface area contributed by atoms with Crippen molar-refractivity contribution < 1.29 is 13.5 Å². The Labute approximate surface area is 193 Å². The third-order valence-electron chi connectivity index (χ3n) is 8.80. The van der Waals surface area contributed by atoms with Gasteiger partial charge >= 0.3 is 0 Å². The first-order valence-electron chi connectivity index (χ1n) is 12.5. The van der Waals surface area contributed by atoms with Crippen LogP contribution >= 0.6 is 0 Å². The fraction of sp³-hybridized carbons (Fsp3) is 1.00. The first-order chi connectivity index (χ1) is 15.1. The molecule has 0 spiro atoms. The molecular weight excluding hydrogens is 428 g/mol. The number of likely N-dealkylation sites (N-methyl/N-ethyl adjacent to an activating group) is 1. The third-order valence-corrected chi connectivity index (χ3v) is 10.6. The van der Waals surface area contributed by atoms with Gasteiger partial charge in [-0.05, 0) is 62.3 Å². The number of aliphatic hydroxyl groups is 1. The number of piperidine rings is 1. The predicted octanol–water partition coefficient (Wildman–Crippen LogP) is -0.0413. The van der Waals surface area contributed by atoms with Gasteiger partial charge in [0.2, 0.25) is 10.0 Å². The van der Waals surface area contributed by atoms with Crippen molar-refractivity contribution in [3.05, 3.63) is 0 Å². The number of nitrogens with zero attached hydrogens (tertiary/aromatic N) is 2. The number of sulfonamides is 1. The van der Waals surface area contributed by atoms with Crippen LogP contribution in [0.15, 0.2) is 0 Å². The minimum absolute atomic E-state index is 0.0267. The zero-order valence-electron chi connectivity index (χ0n) is 19.8. The zero-order valence-corrected chi connectivity index (χ0v) is 20.6. The van der Waals surface area contributed by atoms with Crippen molar-refractivity contribution in [2.45, 2.75) is 87.9 Å². The van der Waals surface area contributed by atoms with Crippen molar-refractivity contribution in [3.63, 3.8) is 0 Å². The van der Waals surface area contributed by atoms with Crippen molar-refractivity contribution >= 4 is 10.0 Å². The molecule has 5 aliphatic rings. The van der Waals surface area contributed by atoms with Crippen LogP contribution in [-0.4, -0.2) is 85.9 Å². The summed E-state index contributed by atoms with van der Waals surface area (Å²) >= 11 is 0. The summed E-state index contributed by atoms with van der Waals surface area (Å²) in [5.41, 5.74) is 6.39. The van der Waals surface area contributed by atoms with E-state index in [9.17, 15) is 13.5 Å². The maximum Gasteiger partial charge on any atom is 0.217 e. The second-order valence-electron chi connectivity index (χ2n) is 11.9. The molecule has 0 radical (unpaired) electrons. The molecule has 2 saturated carbocycles. The molecule has 0 aromatic rings. The quantitative estimate of drug-likeness (QED) is 0.381. The van der Waals surface area contributed by atoms with Gasteiger partial charge in [-0.2, -0.15) is 0 Å². The summed E-state index contributed by atoms with van der Waals surface area (Å²) in [4.78, 5) is 0. The van der Waals surface area contributed by atoms with Crippen LogP contribution in [0.3, 0.4) is 0 Å². The lowest BCUT2D eigenvalue weighted by Crippen LogP contribution is -2.60. The SMILES string of the molecule is CN1NCC2CCCC(NS(=O)(=O)C3CNN(C4CC(C5(O)CC(C)(C)C5)CCN4)C3)C21. The molecule has 0 bridgehead atoms. The molecule has 184 valence electrons. The molecule has 6 atom stereocenters. The Morgan fingerprint density at radius 2 is 1.88 bits per heavy atom. The lowest BCUT2D eigenvalue weighted by Gasteiger charge is -2.55. The van der Waals surface area contributed by atoms with Crippen LogP contribution in [0.5, 0.6) is 0 Å². The first-order valence-corrected chi connectivity index (χ1v) is 14.0. The Hall–Kier alpha value is -0.330. The second kappa shape index (κ2) is 8.41. The van der Waals surface area contributed by atoms with Gasteiger partial charge in [0.15, 0.2) is 0 Å². The summed E-state index contributed by atoms with van der Waals surface area (Å²) < 4.78 is 29.7. The van der Waals surface area contributed by atoms with E-state index in [1.54, 1.807) is 0 Å². The largest absolute Gasteiger partial charge is 0.390 e. The van der Waals surface area contributed by atoms with Crippen molar-refractivity contribution in [2.24, 2.45) is 17.3 Å². The summed E-state index contributed by atoms with van der Waals surface area (Å²) in [7, 11) is -1.40. The summed E-state index contributed by atoms with van der Waals surface area (Å²) in [5, 5.41) is 18.4. The van der Waals surface area contributed by atoms with Gasteiger partial charge in [-0.1, -0.05) is 20.3 Å². The van der Waals surface area contributed by atoms with E-state index in [0.29, 0.717) is 19.0 Å². The van der Waals surface area contributed by atoms with Crippen LogP contribution < -0.4 is 20.9 Å². The summed E-state index contributed by atoms with van der Waals surface area (Å²) in [6.45, 7) is 7.15. The van der Waals surface area contributed by atoms with Gasteiger partial charge < -0.3 is 10.4 Å². The fourth-order valence-electron chi connectivity index (χ4n) is 7.41. The molecule has 3 saturated heterocycles. The monoisotopic (exact) mass is 470 g/mol. The average molecular weight is 471 g/mol. The number of fused-ring (bicyclic) bond motifs is 1. The molecule has 9 nitrogen and oxygen atoms in total. The zero-order chi connectivity index (χ0) is 22.7. The highest BCUT2D eigenvalue weighted by Crippen LogP contribution is 2.53. The van der Waals surface area contributed by atoms with Gasteiger partial charge in [-0.3, -0.25) is 10.9 Å². The molecule has 3 aliphatic heterocycles. The van der Waals surface area contributed by atoms with Gasteiger partial charge in [0.1, 0.15) is 5.25 Å². The summed E-state index contributed by atoms with van der Waals surface area (Å²) in [5.74, 6) is 0.784. The molecule has 3 heterocycles. The van der Waals surface area contributed by atoms with Crippen LogP contribution in [-0.2, 0) is 10.0 Å². The Bertz CT molecular complexity index is 797. The van der Waals surface area contributed by atoms with Crippen molar-refractivity contribution in [1.82, 2.24) is 30.9 Å². The minimum atomic E-state index is -3.43. The van der Waals surface area contributed by atoms with E-state index in [4.69, 9.17) is 0 Å². The van der Waals surface area contributed by atoms with E-state index >= 15 is 0 Å². The smallest absolute Gasteiger partial charge is 0.217 e. The highest BCUT2D eigenvalue weighted by Gasteiger charge is 2.54. The molecule has 0 aromatic carbocycles. The lowest BCUT2D eigenvalue weighted by atomic mass is 9.55. The summed E-state index contributed by atoms with van der Waals surface area (Å²) in [6, 6.07) is 0.207. The molecule has 0 aromatic heterocycles. The Kier molecular flexibility index (Phi) is 6.15. The lowest BCUT2D eigenvalue weighted by molar-refractivity contribution is -0.163. The molecule has 5 rings (SSSR count). The Morgan fingerprint density at radius 1 is 1.09 bits per heavy atom. The van der Waals surface area contributed by atoms with Crippen LogP contribution in [0.25, 0.3) is 0 Å². The standard InChI is InChI=1S/C22H42N6O3S/c1-21(2)13-22(29,14-21)16-7-8-23-19(9-16)28-12-17(11-25-28)32(30,31)26-18-6-4-5-15-10-24-27(3)20(15)18/h15-20,23-26,29H,4-14H2,1-3H3. The average Bonchev–Trinajstić information content (AvgIpc) is 3.35. The predicted molar refractivity (Wildman–Crippen MR) is 124 cm³/mol. The van der Waals surface area contributed by atoms with E-state index in [-0.39, 0.29) is 29.6 Å². The van der Waals surface area contributed by atoms with Crippen molar-refractivity contribution in [1.29, 1.82) is 0 Å². The van der Waals surface area contributed by atoms with Gasteiger partial charge in [0.25, 0.3) is 0 Å². The third kappa shape index (κ3) is 4.37. The fourth-order valence-corrected chi connectivity index (χ4v) is 8.93. The minimum Gasteiger partial charge on any atom is -0.390 e. The van der Waals surface area contributed by atoms with E-state index in [1.807, 2.05) is 7.05 Å². The van der Waals surface area contributed by atoms with E-state index in [1.165, 1.54) is 0 Å². The van der Waals surface area contributed by atoms with Crippen molar-refractivity contribution in [2.75, 3.05) is 33.2 Å². The van der Waals surface area contributed by atoms with E-state index < -0.39 is 20.9 Å². The number of nitrogens with one attached hydrogen (secondary N) is 4. The molecule has 32 heavy (non-hydrogen) atoms. The maximum absolute atomic E-state index is 13.3. The van der Waals surface area contributed by atoms with Crippen LogP contribution in [0, 0.1) is 17.3 Å². The normalized spacial score (nSPS) is 42.5. The van der Waals surface area contributed by atoms with Gasteiger partial charge in [0, 0.05) is 38.8 Å². The number of rotatable bonds is 5. The van der Waals surface area contributed by atoms with Crippen LogP contribution in [0.4, 0.5) is 0 Å². The van der Waals surface area contributed by atoms with Gasteiger partial charge in [-0.25, -0.2) is 23.2 Å². The Balaban J connectivity index is 1.18. The molecular formula is C22H42N6O3S. The summed E-state index contributed by atoms with van der Waals surface area (Å²) in [6.07, 6.45) is 6.75. The number of hydrogen-bond acceptors (Lipinski definition) is 8. The number of hydrogen-bond donors (Lipinski definition) is 5. The van der Waals surface area contributed by atoms with E-state index in [0.717, 1.165) is 58.0 Å². The first kappa shape index (κ1) is 23.4. The second-order valence-corrected chi connectivity index (χ2v) is 13.9. The van der Waals surface area contributed by atoms with Crippen molar-refractivity contribution in [3.8, 4) is 0 Å². The Morgan fingerprint density at radius 3 is 2.62 bits per heavy atom. The molecule has 6 unspecified atom stereocenters. The molecule has 5 fully saturated rings. The van der Waals surface area contributed by atoms with Gasteiger partial charge in [0.05, 0.1) is 11.8 Å². The highest BCUT2D eigenvalue weighted by atomic mass is 32.2. The molecule has 2 aliphatic carbocycles. The highest BCUT2D eigenvalue weighted by molar-refractivity contribution is 7.90. The number of hydrazine groups is 2. The maximum atomic E-state index is 13.3. The molecule has 5 N–H and O–H groups in total. The van der Waals surface area contributed by atoms with Gasteiger partial charge in [-0.15, -0.1) is 0 Å². The molecule has 0 amide bonds. The van der Waals surface area contributed by atoms with Crippen LogP contribution in [0.1, 0.15) is 58.8 Å².